The van der Waals surface area contributed by atoms with Gasteiger partial charge in [0.1, 0.15) is 12.1 Å². The van der Waals surface area contributed by atoms with Crippen molar-refractivity contribution in [2.45, 2.75) is 44.2 Å². The average Bonchev–Trinajstić information content (AvgIpc) is 3.22. The first-order valence-corrected chi connectivity index (χ1v) is 9.26. The molecule has 1 spiro atoms. The first kappa shape index (κ1) is 17.6. The average molecular weight is 373 g/mol. The second-order valence-corrected chi connectivity index (χ2v) is 7.29. The van der Waals surface area contributed by atoms with Crippen molar-refractivity contribution < 1.29 is 23.9 Å². The van der Waals surface area contributed by atoms with E-state index < -0.39 is 5.54 Å². The molecule has 0 radical (unpaired) electrons. The Labute approximate surface area is 157 Å². The first-order valence-electron chi connectivity index (χ1n) is 9.26. The van der Waals surface area contributed by atoms with E-state index in [9.17, 15) is 14.4 Å². The fraction of sp³-hybridized carbons (Fsp3) is 0.526. The molecule has 1 aromatic carbocycles. The molecule has 2 fully saturated rings. The van der Waals surface area contributed by atoms with Crippen molar-refractivity contribution in [3.63, 3.8) is 0 Å². The number of hydrogen-bond acceptors (Lipinski definition) is 5. The van der Waals surface area contributed by atoms with Crippen LogP contribution in [0.1, 0.15) is 37.7 Å². The van der Waals surface area contributed by atoms with Gasteiger partial charge in [-0.2, -0.15) is 0 Å². The minimum atomic E-state index is -0.757. The highest BCUT2D eigenvalue weighted by Gasteiger charge is 2.55. The molecular weight excluding hydrogens is 350 g/mol. The summed E-state index contributed by atoms with van der Waals surface area (Å²) in [5.41, 5.74) is 0.0972. The Morgan fingerprint density at radius 3 is 2.67 bits per heavy atom. The Kier molecular flexibility index (Phi) is 4.41. The zero-order chi connectivity index (χ0) is 19.0. The van der Waals surface area contributed by atoms with E-state index in [2.05, 4.69) is 5.32 Å². The third-order valence-electron chi connectivity index (χ3n) is 5.71. The number of ether oxygens (including phenoxy) is 2. The van der Waals surface area contributed by atoms with Gasteiger partial charge in [0.05, 0.1) is 0 Å². The quantitative estimate of drug-likeness (QED) is 0.811. The van der Waals surface area contributed by atoms with Gasteiger partial charge in [-0.3, -0.25) is 14.5 Å². The molecule has 27 heavy (non-hydrogen) atoms. The molecule has 8 heteroatoms. The van der Waals surface area contributed by atoms with Gasteiger partial charge in [0.15, 0.2) is 11.5 Å². The van der Waals surface area contributed by atoms with E-state index in [4.69, 9.17) is 9.47 Å². The molecular formula is C19H23N3O5. The maximum atomic E-state index is 12.9. The van der Waals surface area contributed by atoms with Crippen LogP contribution < -0.4 is 14.8 Å². The van der Waals surface area contributed by atoms with Crippen LogP contribution in [0.5, 0.6) is 11.5 Å². The normalized spacial score (nSPS) is 20.5. The van der Waals surface area contributed by atoms with Crippen LogP contribution in [0.4, 0.5) is 4.79 Å². The number of carbonyl (C=O) groups is 3. The van der Waals surface area contributed by atoms with E-state index in [0.717, 1.165) is 29.7 Å². The molecule has 0 bridgehead atoms. The molecule has 8 nitrogen and oxygen atoms in total. The van der Waals surface area contributed by atoms with Crippen LogP contribution in [0.25, 0.3) is 0 Å². The van der Waals surface area contributed by atoms with Crippen molar-refractivity contribution in [2.75, 3.05) is 20.4 Å². The summed E-state index contributed by atoms with van der Waals surface area (Å²) in [4.78, 5) is 40.4. The number of hydrogen-bond donors (Lipinski definition) is 1. The van der Waals surface area contributed by atoms with Crippen molar-refractivity contribution in [3.05, 3.63) is 23.8 Å². The zero-order valence-electron chi connectivity index (χ0n) is 15.3. The molecule has 3 aliphatic rings. The molecule has 4 rings (SSSR count). The van der Waals surface area contributed by atoms with E-state index in [1.165, 1.54) is 4.90 Å². The molecule has 1 N–H and O–H groups in total. The van der Waals surface area contributed by atoms with Crippen LogP contribution in [0, 0.1) is 0 Å². The smallest absolute Gasteiger partial charge is 0.327 e. The van der Waals surface area contributed by atoms with Gasteiger partial charge in [0.2, 0.25) is 12.7 Å². The van der Waals surface area contributed by atoms with Crippen molar-refractivity contribution >= 4 is 17.8 Å². The highest BCUT2D eigenvalue weighted by atomic mass is 16.7. The van der Waals surface area contributed by atoms with E-state index in [1.807, 2.05) is 6.07 Å². The largest absolute Gasteiger partial charge is 0.454 e. The SMILES string of the molecule is CN1C(=O)N(CC(=O)NCc2ccc3c(c2)OCO3)C(=O)C12CCCCC2. The number of nitrogens with zero attached hydrogens (tertiary/aromatic N) is 2. The second kappa shape index (κ2) is 6.75. The minimum absolute atomic E-state index is 0.194. The molecule has 0 aromatic heterocycles. The van der Waals surface area contributed by atoms with Crippen molar-refractivity contribution in [3.8, 4) is 11.5 Å². The lowest BCUT2D eigenvalue weighted by atomic mass is 9.81. The highest BCUT2D eigenvalue weighted by Crippen LogP contribution is 2.39. The Morgan fingerprint density at radius 1 is 1.15 bits per heavy atom. The lowest BCUT2D eigenvalue weighted by molar-refractivity contribution is -0.137. The van der Waals surface area contributed by atoms with E-state index in [-0.39, 0.29) is 37.7 Å². The Morgan fingerprint density at radius 2 is 1.89 bits per heavy atom. The third kappa shape index (κ3) is 2.98. The van der Waals surface area contributed by atoms with Crippen LogP contribution in [-0.4, -0.2) is 53.6 Å². The van der Waals surface area contributed by atoms with Gasteiger partial charge < -0.3 is 19.7 Å². The van der Waals surface area contributed by atoms with Gasteiger partial charge in [-0.1, -0.05) is 25.3 Å². The van der Waals surface area contributed by atoms with Crippen LogP contribution in [-0.2, 0) is 16.1 Å². The monoisotopic (exact) mass is 373 g/mol. The second-order valence-electron chi connectivity index (χ2n) is 7.29. The summed E-state index contributed by atoms with van der Waals surface area (Å²) >= 11 is 0. The van der Waals surface area contributed by atoms with E-state index >= 15 is 0 Å². The van der Waals surface area contributed by atoms with Crippen LogP contribution >= 0.6 is 0 Å². The summed E-state index contributed by atoms with van der Waals surface area (Å²) in [5, 5.41) is 2.76. The molecule has 2 heterocycles. The maximum absolute atomic E-state index is 12.9. The summed E-state index contributed by atoms with van der Waals surface area (Å²) in [6, 6.07) is 5.05. The molecule has 0 unspecified atom stereocenters. The summed E-state index contributed by atoms with van der Waals surface area (Å²) in [6.07, 6.45) is 4.26. The molecule has 4 amide bonds. The summed E-state index contributed by atoms with van der Waals surface area (Å²) in [6.45, 7) is 0.223. The number of carbonyl (C=O) groups excluding carboxylic acids is 3. The molecule has 144 valence electrons. The summed E-state index contributed by atoms with van der Waals surface area (Å²) < 4.78 is 10.6. The number of amides is 4. The molecule has 1 saturated carbocycles. The van der Waals surface area contributed by atoms with Gasteiger partial charge in [-0.05, 0) is 30.5 Å². The van der Waals surface area contributed by atoms with Gasteiger partial charge in [0, 0.05) is 13.6 Å². The predicted octanol–water partition coefficient (Wildman–Crippen LogP) is 1.63. The van der Waals surface area contributed by atoms with Crippen LogP contribution in [0.2, 0.25) is 0 Å². The maximum Gasteiger partial charge on any atom is 0.327 e. The van der Waals surface area contributed by atoms with Crippen LogP contribution in [0.3, 0.4) is 0 Å². The van der Waals surface area contributed by atoms with Gasteiger partial charge in [-0.25, -0.2) is 4.79 Å². The Bertz CT molecular complexity index is 788. The number of benzene rings is 1. The number of urea groups is 1. The Balaban J connectivity index is 1.38. The van der Waals surface area contributed by atoms with Crippen molar-refractivity contribution in [2.24, 2.45) is 0 Å². The lowest BCUT2D eigenvalue weighted by Crippen LogP contribution is -2.49. The standard InChI is InChI=1S/C19H23N3O5/c1-21-18(25)22(17(24)19(21)7-3-2-4-8-19)11-16(23)20-10-13-5-6-14-15(9-13)27-12-26-14/h5-6,9H,2-4,7-8,10-12H2,1H3,(H,20,23). The number of fused-ring (bicyclic) bond motifs is 1. The van der Waals surface area contributed by atoms with Gasteiger partial charge in [-0.15, -0.1) is 0 Å². The molecule has 2 aliphatic heterocycles. The summed E-state index contributed by atoms with van der Waals surface area (Å²) in [5.74, 6) is 0.718. The number of rotatable bonds is 4. The molecule has 1 saturated heterocycles. The van der Waals surface area contributed by atoms with Gasteiger partial charge >= 0.3 is 6.03 Å². The molecule has 1 aromatic rings. The zero-order valence-corrected chi connectivity index (χ0v) is 15.3. The van der Waals surface area contributed by atoms with Crippen molar-refractivity contribution in [1.29, 1.82) is 0 Å². The van der Waals surface area contributed by atoms with Crippen molar-refractivity contribution in [1.82, 2.24) is 15.1 Å². The predicted molar refractivity (Wildman–Crippen MR) is 95.1 cm³/mol. The summed E-state index contributed by atoms with van der Waals surface area (Å²) in [7, 11) is 1.66. The molecule has 1 aliphatic carbocycles. The third-order valence-corrected chi connectivity index (χ3v) is 5.71. The topological polar surface area (TPSA) is 88.2 Å². The van der Waals surface area contributed by atoms with Crippen LogP contribution in [0.15, 0.2) is 18.2 Å². The fourth-order valence-corrected chi connectivity index (χ4v) is 4.12. The minimum Gasteiger partial charge on any atom is -0.454 e. The number of likely N-dealkylation sites (N-methyl/N-ethyl adjacent to an activating group) is 1. The lowest BCUT2D eigenvalue weighted by Gasteiger charge is -2.35. The highest BCUT2D eigenvalue weighted by molar-refractivity contribution is 6.08. The van der Waals surface area contributed by atoms with E-state index in [1.54, 1.807) is 19.2 Å². The van der Waals surface area contributed by atoms with Gasteiger partial charge in [0.25, 0.3) is 5.91 Å². The molecule has 0 atom stereocenters. The Hall–Kier alpha value is -2.77. The fourth-order valence-electron chi connectivity index (χ4n) is 4.12. The first-order chi connectivity index (χ1) is 13.0. The van der Waals surface area contributed by atoms with E-state index in [0.29, 0.717) is 24.3 Å². The number of imide groups is 1. The number of nitrogens with one attached hydrogen (secondary N) is 1.